The van der Waals surface area contributed by atoms with Crippen LogP contribution in [0, 0.1) is 0 Å². The van der Waals surface area contributed by atoms with E-state index in [1.54, 1.807) is 0 Å². The van der Waals surface area contributed by atoms with Crippen LogP contribution < -0.4 is 10.7 Å². The first-order chi connectivity index (χ1) is 7.68. The summed E-state index contributed by atoms with van der Waals surface area (Å²) in [6, 6.07) is 1.52. The summed E-state index contributed by atoms with van der Waals surface area (Å²) in [5, 5.41) is 2.48. The molecular weight excluding hydrogens is 276 g/mol. The predicted molar refractivity (Wildman–Crippen MR) is 61.4 cm³/mol. The third-order valence-electron chi connectivity index (χ3n) is 1.93. The fourth-order valence-electron chi connectivity index (χ4n) is 1.14. The van der Waals surface area contributed by atoms with E-state index in [0.717, 1.165) is 0 Å². The van der Waals surface area contributed by atoms with E-state index in [1.807, 2.05) is 0 Å². The molecule has 0 aliphatic rings. The number of rotatable bonds is 2. The molecule has 0 spiro atoms. The summed E-state index contributed by atoms with van der Waals surface area (Å²) < 4.78 is 5.13. The Morgan fingerprint density at radius 3 is 2.94 bits per heavy atom. The van der Waals surface area contributed by atoms with Crippen LogP contribution in [0.15, 0.2) is 44.7 Å². The van der Waals surface area contributed by atoms with Crippen molar-refractivity contribution in [2.45, 2.75) is 0 Å². The van der Waals surface area contributed by atoms with Gasteiger partial charge in [0.25, 0.3) is 5.91 Å². The fraction of sp³-hybridized carbons (Fsp3) is 0. The van der Waals surface area contributed by atoms with Crippen LogP contribution in [0.1, 0.15) is 10.4 Å². The number of hydrogen-bond donors (Lipinski definition) is 2. The van der Waals surface area contributed by atoms with Crippen LogP contribution in [0.3, 0.4) is 0 Å². The van der Waals surface area contributed by atoms with E-state index in [1.165, 1.54) is 31.0 Å². The van der Waals surface area contributed by atoms with Crippen LogP contribution in [0.4, 0.5) is 5.69 Å². The molecule has 0 atom stereocenters. The van der Waals surface area contributed by atoms with Crippen molar-refractivity contribution in [2.24, 2.45) is 0 Å². The van der Waals surface area contributed by atoms with Gasteiger partial charge in [0, 0.05) is 12.4 Å². The first-order valence-electron chi connectivity index (χ1n) is 4.38. The summed E-state index contributed by atoms with van der Waals surface area (Å²) in [7, 11) is 0. The van der Waals surface area contributed by atoms with Crippen molar-refractivity contribution < 1.29 is 9.21 Å². The number of H-pyrrole nitrogens is 1. The van der Waals surface area contributed by atoms with Gasteiger partial charge in [-0.3, -0.25) is 9.59 Å². The van der Waals surface area contributed by atoms with Crippen LogP contribution in [-0.4, -0.2) is 10.9 Å². The molecule has 2 heterocycles. The number of furan rings is 1. The molecule has 2 rings (SSSR count). The first kappa shape index (κ1) is 10.7. The Morgan fingerprint density at radius 1 is 1.44 bits per heavy atom. The smallest absolute Gasteiger partial charge is 0.259 e. The molecule has 2 aromatic heterocycles. The van der Waals surface area contributed by atoms with Gasteiger partial charge in [-0.2, -0.15) is 0 Å². The number of pyridine rings is 1. The maximum atomic E-state index is 11.6. The molecule has 0 aliphatic carbocycles. The summed E-state index contributed by atoms with van der Waals surface area (Å²) in [6.45, 7) is 0. The molecule has 2 aromatic rings. The van der Waals surface area contributed by atoms with E-state index in [-0.39, 0.29) is 11.1 Å². The summed E-state index contributed by atoms with van der Waals surface area (Å²) in [5.41, 5.74) is 0.260. The number of carbonyl (C=O) groups is 1. The molecule has 0 fully saturated rings. The zero-order chi connectivity index (χ0) is 11.5. The fourth-order valence-corrected chi connectivity index (χ4v) is 1.48. The minimum absolute atomic E-state index is 0.181. The SMILES string of the molecule is O=C(Nc1c[nH]cc(Br)c1=O)c1ccoc1. The molecular formula is C10H7BrN2O3. The lowest BCUT2D eigenvalue weighted by molar-refractivity contribution is 0.102. The van der Waals surface area contributed by atoms with E-state index in [4.69, 9.17) is 4.42 Å². The monoisotopic (exact) mass is 282 g/mol. The number of aromatic nitrogens is 1. The van der Waals surface area contributed by atoms with Crippen LogP contribution in [0.25, 0.3) is 0 Å². The number of anilines is 1. The Balaban J connectivity index is 2.25. The Bertz CT molecular complexity index is 560. The summed E-state index contributed by atoms with van der Waals surface area (Å²) in [6.07, 6.45) is 5.61. The standard InChI is InChI=1S/C10H7BrN2O3/c11-7-3-12-4-8(9(7)14)13-10(15)6-1-2-16-5-6/h1-5H,(H,12,14)(H,13,15). The predicted octanol–water partition coefficient (Wildman–Crippen LogP) is 1.98. The quantitative estimate of drug-likeness (QED) is 0.884. The van der Waals surface area contributed by atoms with E-state index in [0.29, 0.717) is 10.0 Å². The summed E-state index contributed by atoms with van der Waals surface area (Å²) in [4.78, 5) is 25.9. The van der Waals surface area contributed by atoms with Crippen molar-refractivity contribution in [1.29, 1.82) is 0 Å². The van der Waals surface area contributed by atoms with Gasteiger partial charge in [-0.05, 0) is 22.0 Å². The average molecular weight is 283 g/mol. The highest BCUT2D eigenvalue weighted by molar-refractivity contribution is 9.10. The molecule has 0 aliphatic heterocycles. The molecule has 0 radical (unpaired) electrons. The van der Waals surface area contributed by atoms with E-state index in [9.17, 15) is 9.59 Å². The Kier molecular flexibility index (Phi) is 2.91. The average Bonchev–Trinajstić information content (AvgIpc) is 2.78. The molecule has 0 unspecified atom stereocenters. The van der Waals surface area contributed by atoms with E-state index < -0.39 is 5.91 Å². The summed E-state index contributed by atoms with van der Waals surface area (Å²) in [5.74, 6) is -0.391. The third-order valence-corrected chi connectivity index (χ3v) is 2.52. The van der Waals surface area contributed by atoms with Gasteiger partial charge in [-0.15, -0.1) is 0 Å². The molecule has 0 saturated heterocycles. The van der Waals surface area contributed by atoms with Crippen molar-refractivity contribution in [2.75, 3.05) is 5.32 Å². The highest BCUT2D eigenvalue weighted by atomic mass is 79.9. The second kappa shape index (κ2) is 4.36. The molecule has 6 heteroatoms. The normalized spacial score (nSPS) is 10.1. The molecule has 0 aromatic carbocycles. The number of halogens is 1. The van der Waals surface area contributed by atoms with Crippen molar-refractivity contribution >= 4 is 27.5 Å². The maximum Gasteiger partial charge on any atom is 0.259 e. The Labute approximate surface area is 98.6 Å². The van der Waals surface area contributed by atoms with Gasteiger partial charge < -0.3 is 14.7 Å². The van der Waals surface area contributed by atoms with Crippen LogP contribution in [-0.2, 0) is 0 Å². The van der Waals surface area contributed by atoms with Crippen LogP contribution >= 0.6 is 15.9 Å². The van der Waals surface area contributed by atoms with Crippen molar-refractivity contribution in [1.82, 2.24) is 4.98 Å². The third kappa shape index (κ3) is 2.06. The summed E-state index contributed by atoms with van der Waals surface area (Å²) >= 11 is 3.07. The maximum absolute atomic E-state index is 11.6. The molecule has 1 amide bonds. The van der Waals surface area contributed by atoms with Gasteiger partial charge in [-0.25, -0.2) is 0 Å². The number of nitrogens with one attached hydrogen (secondary N) is 2. The van der Waals surface area contributed by atoms with Crippen LogP contribution in [0.2, 0.25) is 0 Å². The lowest BCUT2D eigenvalue weighted by Crippen LogP contribution is -2.18. The minimum Gasteiger partial charge on any atom is -0.472 e. The Hall–Kier alpha value is -1.82. The van der Waals surface area contributed by atoms with Gasteiger partial charge in [0.1, 0.15) is 12.0 Å². The number of carbonyl (C=O) groups excluding carboxylic acids is 1. The molecule has 0 bridgehead atoms. The van der Waals surface area contributed by atoms with Gasteiger partial charge in [0.2, 0.25) is 5.43 Å². The molecule has 0 saturated carbocycles. The lowest BCUT2D eigenvalue weighted by Gasteiger charge is -2.02. The lowest BCUT2D eigenvalue weighted by atomic mass is 10.3. The van der Waals surface area contributed by atoms with E-state index in [2.05, 4.69) is 26.2 Å². The first-order valence-corrected chi connectivity index (χ1v) is 5.18. The van der Waals surface area contributed by atoms with Crippen LogP contribution in [0.5, 0.6) is 0 Å². The number of aromatic amines is 1. The number of amides is 1. The Morgan fingerprint density at radius 2 is 2.25 bits per heavy atom. The van der Waals surface area contributed by atoms with Crippen molar-refractivity contribution in [3.05, 3.63) is 51.2 Å². The van der Waals surface area contributed by atoms with Gasteiger partial charge in [-0.1, -0.05) is 0 Å². The van der Waals surface area contributed by atoms with Gasteiger partial charge in [0.05, 0.1) is 16.3 Å². The molecule has 2 N–H and O–H groups in total. The molecule has 5 nitrogen and oxygen atoms in total. The molecule has 82 valence electrons. The second-order valence-corrected chi connectivity index (χ2v) is 3.87. The highest BCUT2D eigenvalue weighted by Gasteiger charge is 2.10. The van der Waals surface area contributed by atoms with Gasteiger partial charge in [0.15, 0.2) is 0 Å². The number of hydrogen-bond acceptors (Lipinski definition) is 3. The zero-order valence-electron chi connectivity index (χ0n) is 7.99. The topological polar surface area (TPSA) is 75.1 Å². The zero-order valence-corrected chi connectivity index (χ0v) is 9.58. The second-order valence-electron chi connectivity index (χ2n) is 3.01. The van der Waals surface area contributed by atoms with Crippen molar-refractivity contribution in [3.63, 3.8) is 0 Å². The minimum atomic E-state index is -0.391. The highest BCUT2D eigenvalue weighted by Crippen LogP contribution is 2.08. The van der Waals surface area contributed by atoms with E-state index >= 15 is 0 Å². The van der Waals surface area contributed by atoms with Gasteiger partial charge >= 0.3 is 0 Å². The largest absolute Gasteiger partial charge is 0.472 e. The molecule has 16 heavy (non-hydrogen) atoms. The van der Waals surface area contributed by atoms with Crippen molar-refractivity contribution in [3.8, 4) is 0 Å².